The number of allylic oxidation sites excluding steroid dienone is 1. The third kappa shape index (κ3) is 34.4. The van der Waals surface area contributed by atoms with Gasteiger partial charge in [0.15, 0.2) is 12.4 Å². The first kappa shape index (κ1) is 63.4. The molecule has 1 saturated heterocycles. The van der Waals surface area contributed by atoms with Crippen LogP contribution in [0.15, 0.2) is 12.2 Å². The number of unbranched alkanes of at least 4 members (excludes halogenated alkanes) is 34. The summed E-state index contributed by atoms with van der Waals surface area (Å²) in [7, 11) is 0. The Labute approximate surface area is 410 Å². The van der Waals surface area contributed by atoms with Crippen molar-refractivity contribution in [3.8, 4) is 0 Å². The van der Waals surface area contributed by atoms with E-state index in [0.717, 1.165) is 57.8 Å². The lowest BCUT2D eigenvalue weighted by Gasteiger charge is -2.41. The molecule has 0 bridgehead atoms. The molecule has 0 aromatic heterocycles. The topological polar surface area (TPSA) is 175 Å². The van der Waals surface area contributed by atoms with Crippen molar-refractivity contribution in [1.82, 2.24) is 5.32 Å². The summed E-state index contributed by atoms with van der Waals surface area (Å²) in [5.41, 5.74) is 0. The molecule has 1 amide bonds. The van der Waals surface area contributed by atoms with Crippen molar-refractivity contribution < 1.29 is 49.3 Å². The first-order valence-corrected chi connectivity index (χ1v) is 28.5. The van der Waals surface area contributed by atoms with Gasteiger partial charge in [0.2, 0.25) is 5.91 Å². The van der Waals surface area contributed by atoms with Crippen LogP contribution in [0, 0.1) is 0 Å². The van der Waals surface area contributed by atoms with Gasteiger partial charge in [0.05, 0.1) is 25.4 Å². The number of ether oxygens (including phenoxy) is 3. The highest BCUT2D eigenvalue weighted by molar-refractivity contribution is 5.80. The number of aliphatic hydroxyl groups is 5. The van der Waals surface area contributed by atoms with Crippen LogP contribution >= 0.6 is 0 Å². The van der Waals surface area contributed by atoms with E-state index in [-0.39, 0.29) is 13.0 Å². The number of nitrogens with one attached hydrogen (secondary N) is 1. The van der Waals surface area contributed by atoms with Crippen LogP contribution in [0.5, 0.6) is 0 Å². The highest BCUT2D eigenvalue weighted by Gasteiger charge is 2.47. The van der Waals surface area contributed by atoms with Crippen LogP contribution in [-0.2, 0) is 23.8 Å². The molecule has 1 heterocycles. The van der Waals surface area contributed by atoms with Crippen molar-refractivity contribution in [2.45, 2.75) is 320 Å². The summed E-state index contributed by atoms with van der Waals surface area (Å²) in [5.74, 6) is -1.18. The third-order valence-corrected chi connectivity index (χ3v) is 13.7. The molecule has 0 aromatic carbocycles. The SMILES string of the molecule is CCCCCCCCCCCC/C=C/C(O)C(COC1OC(CO)C(O)C(O)C1OC(=O)CCCCCCCCCCCCCCCC)NC(=O)C(O)CCCCCCCCCCCCCC. The fraction of sp³-hybridized carbons (Fsp3) is 0.929. The summed E-state index contributed by atoms with van der Waals surface area (Å²) in [6.45, 7) is 5.79. The number of carbonyl (C=O) groups is 2. The van der Waals surface area contributed by atoms with Crippen LogP contribution in [0.4, 0.5) is 0 Å². The smallest absolute Gasteiger partial charge is 0.306 e. The summed E-state index contributed by atoms with van der Waals surface area (Å²) in [5, 5.41) is 56.7. The van der Waals surface area contributed by atoms with E-state index in [1.807, 2.05) is 6.08 Å². The summed E-state index contributed by atoms with van der Waals surface area (Å²) in [6.07, 6.45) is 38.2. The first-order chi connectivity index (χ1) is 32.7. The zero-order chi connectivity index (χ0) is 49.0. The molecule has 0 radical (unpaired) electrons. The lowest BCUT2D eigenvalue weighted by atomic mass is 9.99. The minimum atomic E-state index is -1.60. The number of hydrogen-bond acceptors (Lipinski definition) is 10. The summed E-state index contributed by atoms with van der Waals surface area (Å²) in [4.78, 5) is 26.4. The Hall–Kier alpha value is -1.60. The molecule has 8 atom stereocenters. The normalized spacial score (nSPS) is 20.0. The Kier molecular flexibility index (Phi) is 43.1. The van der Waals surface area contributed by atoms with E-state index in [0.29, 0.717) is 19.3 Å². The number of esters is 1. The van der Waals surface area contributed by atoms with Gasteiger partial charge in [0, 0.05) is 6.42 Å². The highest BCUT2D eigenvalue weighted by atomic mass is 16.7. The van der Waals surface area contributed by atoms with E-state index in [1.54, 1.807) is 6.08 Å². The fourth-order valence-electron chi connectivity index (χ4n) is 9.12. The molecular weight excluding hydrogens is 847 g/mol. The summed E-state index contributed by atoms with van der Waals surface area (Å²) < 4.78 is 17.6. The van der Waals surface area contributed by atoms with Crippen molar-refractivity contribution in [3.63, 3.8) is 0 Å². The Bertz CT molecular complexity index is 1140. The third-order valence-electron chi connectivity index (χ3n) is 13.7. The maximum Gasteiger partial charge on any atom is 0.306 e. The van der Waals surface area contributed by atoms with E-state index >= 15 is 0 Å². The molecule has 396 valence electrons. The molecule has 1 aliphatic rings. The minimum Gasteiger partial charge on any atom is -0.454 e. The van der Waals surface area contributed by atoms with E-state index < -0.39 is 67.4 Å². The lowest BCUT2D eigenvalue weighted by molar-refractivity contribution is -0.305. The van der Waals surface area contributed by atoms with Gasteiger partial charge in [-0.25, -0.2) is 0 Å². The second-order valence-corrected chi connectivity index (χ2v) is 20.0. The van der Waals surface area contributed by atoms with Gasteiger partial charge >= 0.3 is 5.97 Å². The molecule has 0 saturated carbocycles. The number of carbonyl (C=O) groups excluding carboxylic acids is 2. The van der Waals surface area contributed by atoms with Crippen LogP contribution in [0.3, 0.4) is 0 Å². The standard InChI is InChI=1S/C56H107NO10/c1-4-7-10-13-16-19-22-25-26-29-32-35-38-41-44-51(61)67-54-53(63)52(62)50(45-58)66-56(54)65-46-47(48(59)42-39-36-33-30-27-23-20-17-14-11-8-5-2)57-55(64)49(60)43-40-37-34-31-28-24-21-18-15-12-9-6-3/h39,42,47-50,52-54,56,58-60,62-63H,4-38,40-41,43-46H2,1-3H3,(H,57,64)/b42-39+. The predicted octanol–water partition coefficient (Wildman–Crippen LogP) is 12.4. The molecule has 1 rings (SSSR count). The summed E-state index contributed by atoms with van der Waals surface area (Å²) >= 11 is 0. The van der Waals surface area contributed by atoms with Crippen molar-refractivity contribution in [2.75, 3.05) is 13.2 Å². The van der Waals surface area contributed by atoms with E-state index in [1.165, 1.54) is 167 Å². The highest BCUT2D eigenvalue weighted by Crippen LogP contribution is 2.26. The van der Waals surface area contributed by atoms with Gasteiger partial charge in [-0.3, -0.25) is 9.59 Å². The maximum atomic E-state index is 13.3. The zero-order valence-electron chi connectivity index (χ0n) is 43.5. The average molecular weight is 954 g/mol. The average Bonchev–Trinajstić information content (AvgIpc) is 3.32. The Morgan fingerprint density at radius 2 is 0.970 bits per heavy atom. The van der Waals surface area contributed by atoms with Gasteiger partial charge in [-0.15, -0.1) is 0 Å². The second-order valence-electron chi connectivity index (χ2n) is 20.0. The molecule has 1 aliphatic heterocycles. The van der Waals surface area contributed by atoms with Crippen LogP contribution in [-0.4, -0.2) is 99.6 Å². The molecule has 0 aromatic rings. The quantitative estimate of drug-likeness (QED) is 0.0196. The number of aliphatic hydroxyl groups excluding tert-OH is 5. The monoisotopic (exact) mass is 954 g/mol. The number of rotatable bonds is 48. The number of amides is 1. The molecule has 8 unspecified atom stereocenters. The number of hydrogen-bond donors (Lipinski definition) is 6. The molecule has 0 aliphatic carbocycles. The molecule has 11 heteroatoms. The Morgan fingerprint density at radius 1 is 0.567 bits per heavy atom. The molecule has 11 nitrogen and oxygen atoms in total. The van der Waals surface area contributed by atoms with Crippen molar-refractivity contribution in [1.29, 1.82) is 0 Å². The molecular formula is C56H107NO10. The fourth-order valence-corrected chi connectivity index (χ4v) is 9.12. The van der Waals surface area contributed by atoms with Crippen molar-refractivity contribution in [3.05, 3.63) is 12.2 Å². The van der Waals surface area contributed by atoms with Gasteiger partial charge in [0.25, 0.3) is 0 Å². The minimum absolute atomic E-state index is 0.131. The van der Waals surface area contributed by atoms with Gasteiger partial charge in [-0.2, -0.15) is 0 Å². The first-order valence-electron chi connectivity index (χ1n) is 28.5. The maximum absolute atomic E-state index is 13.3. The van der Waals surface area contributed by atoms with E-state index in [2.05, 4.69) is 26.1 Å². The molecule has 1 fully saturated rings. The van der Waals surface area contributed by atoms with E-state index in [9.17, 15) is 35.1 Å². The van der Waals surface area contributed by atoms with Crippen molar-refractivity contribution >= 4 is 11.9 Å². The second kappa shape index (κ2) is 45.5. The summed E-state index contributed by atoms with van der Waals surface area (Å²) in [6, 6.07) is -1.01. The van der Waals surface area contributed by atoms with Crippen LogP contribution < -0.4 is 5.32 Å². The molecule has 0 spiro atoms. The van der Waals surface area contributed by atoms with E-state index in [4.69, 9.17) is 14.2 Å². The van der Waals surface area contributed by atoms with Gasteiger partial charge in [-0.1, -0.05) is 251 Å². The van der Waals surface area contributed by atoms with Crippen LogP contribution in [0.25, 0.3) is 0 Å². The lowest BCUT2D eigenvalue weighted by Crippen LogP contribution is -2.61. The van der Waals surface area contributed by atoms with Crippen LogP contribution in [0.2, 0.25) is 0 Å². The predicted molar refractivity (Wildman–Crippen MR) is 274 cm³/mol. The van der Waals surface area contributed by atoms with Gasteiger partial charge in [-0.05, 0) is 25.7 Å². The Morgan fingerprint density at radius 3 is 1.40 bits per heavy atom. The zero-order valence-corrected chi connectivity index (χ0v) is 43.5. The van der Waals surface area contributed by atoms with Gasteiger partial charge in [0.1, 0.15) is 24.4 Å². The van der Waals surface area contributed by atoms with Gasteiger partial charge < -0.3 is 45.1 Å². The van der Waals surface area contributed by atoms with Crippen LogP contribution in [0.1, 0.15) is 271 Å². The molecule has 67 heavy (non-hydrogen) atoms. The Balaban J connectivity index is 2.73. The molecule has 6 N–H and O–H groups in total. The van der Waals surface area contributed by atoms with Crippen molar-refractivity contribution in [2.24, 2.45) is 0 Å². The largest absolute Gasteiger partial charge is 0.454 e.